The Morgan fingerprint density at radius 2 is 2.36 bits per heavy atom. The number of aryl methyl sites for hydroxylation is 2. The number of hydrogen-bond acceptors (Lipinski definition) is 2. The molecule has 1 atom stereocenters. The van der Waals surface area contributed by atoms with Gasteiger partial charge in [0.25, 0.3) is 0 Å². The third kappa shape index (κ3) is 3.50. The van der Waals surface area contributed by atoms with Crippen LogP contribution in [0.4, 0.5) is 0 Å². The van der Waals surface area contributed by atoms with Gasteiger partial charge in [-0.05, 0) is 42.7 Å². The van der Waals surface area contributed by atoms with Crippen LogP contribution >= 0.6 is 11.3 Å². The van der Waals surface area contributed by atoms with Crippen LogP contribution in [-0.2, 0) is 11.2 Å². The van der Waals surface area contributed by atoms with Crippen LogP contribution < -0.4 is 0 Å². The van der Waals surface area contributed by atoms with Gasteiger partial charge in [0.15, 0.2) is 0 Å². The monoisotopic (exact) mass is 212 g/mol. The Morgan fingerprint density at radius 3 is 2.86 bits per heavy atom. The maximum atomic E-state index is 10.4. The summed E-state index contributed by atoms with van der Waals surface area (Å²) < 4.78 is 0. The van der Waals surface area contributed by atoms with Gasteiger partial charge in [-0.25, -0.2) is 0 Å². The summed E-state index contributed by atoms with van der Waals surface area (Å²) in [5.74, 6) is -0.422. The first-order valence-electron chi connectivity index (χ1n) is 4.84. The minimum absolute atomic E-state index is 0.272. The lowest BCUT2D eigenvalue weighted by molar-refractivity contribution is -0.138. The number of carboxylic acids is 1. The fraction of sp³-hybridized carbons (Fsp3) is 0.545. The first-order valence-corrected chi connectivity index (χ1v) is 5.72. The van der Waals surface area contributed by atoms with Crippen molar-refractivity contribution in [2.24, 2.45) is 5.92 Å². The van der Waals surface area contributed by atoms with Crippen molar-refractivity contribution < 1.29 is 9.90 Å². The van der Waals surface area contributed by atoms with E-state index >= 15 is 0 Å². The molecule has 1 aromatic rings. The van der Waals surface area contributed by atoms with Gasteiger partial charge in [0.2, 0.25) is 0 Å². The van der Waals surface area contributed by atoms with Crippen LogP contribution in [0, 0.1) is 12.8 Å². The van der Waals surface area contributed by atoms with E-state index in [2.05, 4.69) is 18.4 Å². The van der Waals surface area contributed by atoms with Crippen molar-refractivity contribution in [2.45, 2.75) is 33.1 Å². The molecule has 0 fully saturated rings. The average molecular weight is 212 g/mol. The van der Waals surface area contributed by atoms with Gasteiger partial charge in [-0.2, -0.15) is 0 Å². The highest BCUT2D eigenvalue weighted by molar-refractivity contribution is 7.10. The Balaban J connectivity index is 2.34. The first-order chi connectivity index (χ1) is 6.59. The Morgan fingerprint density at radius 1 is 1.64 bits per heavy atom. The van der Waals surface area contributed by atoms with Crippen molar-refractivity contribution in [3.8, 4) is 0 Å². The van der Waals surface area contributed by atoms with Crippen LogP contribution in [0.3, 0.4) is 0 Å². The van der Waals surface area contributed by atoms with E-state index in [4.69, 9.17) is 5.11 Å². The van der Waals surface area contributed by atoms with Gasteiger partial charge in [0.1, 0.15) is 0 Å². The van der Waals surface area contributed by atoms with Gasteiger partial charge in [0, 0.05) is 11.3 Å². The molecular weight excluding hydrogens is 196 g/mol. The third-order valence-corrected chi connectivity index (χ3v) is 3.44. The fourth-order valence-corrected chi connectivity index (χ4v) is 2.36. The van der Waals surface area contributed by atoms with Crippen LogP contribution in [0.25, 0.3) is 0 Å². The number of carbonyl (C=O) groups is 1. The molecule has 0 spiro atoms. The van der Waals surface area contributed by atoms with Gasteiger partial charge < -0.3 is 5.11 Å². The van der Waals surface area contributed by atoms with Crippen LogP contribution in [0.15, 0.2) is 11.4 Å². The molecule has 0 aromatic carbocycles. The summed E-state index contributed by atoms with van der Waals surface area (Å²) in [4.78, 5) is 11.8. The van der Waals surface area contributed by atoms with Crippen LogP contribution in [-0.4, -0.2) is 11.1 Å². The normalized spacial score (nSPS) is 12.7. The second kappa shape index (κ2) is 5.15. The molecule has 1 aromatic heterocycles. The molecule has 0 radical (unpaired) electrons. The van der Waals surface area contributed by atoms with E-state index in [1.807, 2.05) is 6.92 Å². The van der Waals surface area contributed by atoms with Crippen LogP contribution in [0.1, 0.15) is 30.2 Å². The average Bonchev–Trinajstić information content (AvgIpc) is 2.46. The summed E-state index contributed by atoms with van der Waals surface area (Å²) in [5.41, 5.74) is 1.33. The Bertz CT molecular complexity index is 304. The highest BCUT2D eigenvalue weighted by atomic mass is 32.1. The zero-order chi connectivity index (χ0) is 10.6. The maximum absolute atomic E-state index is 10.4. The summed E-state index contributed by atoms with van der Waals surface area (Å²) in [5, 5.41) is 10.7. The third-order valence-electron chi connectivity index (χ3n) is 2.36. The topological polar surface area (TPSA) is 37.3 Å². The van der Waals surface area contributed by atoms with E-state index in [0.29, 0.717) is 0 Å². The molecule has 0 aliphatic carbocycles. The van der Waals surface area contributed by atoms with Crippen molar-refractivity contribution in [2.75, 3.05) is 0 Å². The molecule has 3 heteroatoms. The van der Waals surface area contributed by atoms with E-state index in [0.717, 1.165) is 12.8 Å². The minimum Gasteiger partial charge on any atom is -0.481 e. The molecule has 0 bridgehead atoms. The number of carboxylic acid groups (broad SMARTS) is 1. The van der Waals surface area contributed by atoms with Crippen molar-refractivity contribution in [3.05, 3.63) is 21.9 Å². The van der Waals surface area contributed by atoms with Crippen LogP contribution in [0.2, 0.25) is 0 Å². The largest absolute Gasteiger partial charge is 0.481 e. The zero-order valence-electron chi connectivity index (χ0n) is 8.62. The summed E-state index contributed by atoms with van der Waals surface area (Å²) in [6.07, 6.45) is 2.26. The molecule has 0 saturated heterocycles. The Hall–Kier alpha value is -0.830. The van der Waals surface area contributed by atoms with E-state index in [-0.39, 0.29) is 12.3 Å². The van der Waals surface area contributed by atoms with Crippen LogP contribution in [0.5, 0.6) is 0 Å². The lowest BCUT2D eigenvalue weighted by Gasteiger charge is -2.07. The molecule has 1 N–H and O–H groups in total. The molecule has 0 saturated carbocycles. The molecule has 2 nitrogen and oxygen atoms in total. The Labute approximate surface area is 88.6 Å². The highest BCUT2D eigenvalue weighted by Crippen LogP contribution is 2.20. The Kier molecular flexibility index (Phi) is 4.14. The summed E-state index contributed by atoms with van der Waals surface area (Å²) in [7, 11) is 0. The number of hydrogen-bond donors (Lipinski definition) is 1. The molecule has 0 aliphatic rings. The molecule has 14 heavy (non-hydrogen) atoms. The quantitative estimate of drug-likeness (QED) is 0.814. The molecule has 1 rings (SSSR count). The number of thiophene rings is 1. The van der Waals surface area contributed by atoms with Gasteiger partial charge in [-0.15, -0.1) is 11.3 Å². The maximum Gasteiger partial charge on any atom is 0.303 e. The lowest BCUT2D eigenvalue weighted by Crippen LogP contribution is -2.05. The minimum atomic E-state index is -0.694. The second-order valence-corrected chi connectivity index (χ2v) is 4.77. The standard InChI is InChI=1S/C11H16O2S/c1-8(7-11(12)13)3-4-10-9(2)5-6-14-10/h5-6,8H,3-4,7H2,1-2H3,(H,12,13). The predicted molar refractivity (Wildman–Crippen MR) is 58.8 cm³/mol. The van der Waals surface area contributed by atoms with E-state index in [1.54, 1.807) is 11.3 Å². The van der Waals surface area contributed by atoms with Crippen molar-refractivity contribution in [1.82, 2.24) is 0 Å². The van der Waals surface area contributed by atoms with Gasteiger partial charge in [0.05, 0.1) is 0 Å². The molecule has 78 valence electrons. The lowest BCUT2D eigenvalue weighted by atomic mass is 10.0. The highest BCUT2D eigenvalue weighted by Gasteiger charge is 2.08. The van der Waals surface area contributed by atoms with E-state index in [9.17, 15) is 4.79 Å². The molecule has 1 unspecified atom stereocenters. The molecule has 1 heterocycles. The summed E-state index contributed by atoms with van der Waals surface area (Å²) >= 11 is 1.76. The van der Waals surface area contributed by atoms with Crippen molar-refractivity contribution in [3.63, 3.8) is 0 Å². The van der Waals surface area contributed by atoms with Gasteiger partial charge in [-0.1, -0.05) is 6.92 Å². The fourth-order valence-electron chi connectivity index (χ4n) is 1.44. The second-order valence-electron chi connectivity index (χ2n) is 3.77. The van der Waals surface area contributed by atoms with E-state index < -0.39 is 5.97 Å². The SMILES string of the molecule is Cc1ccsc1CCC(C)CC(=O)O. The van der Waals surface area contributed by atoms with Crippen molar-refractivity contribution >= 4 is 17.3 Å². The molecule has 0 amide bonds. The first kappa shape index (κ1) is 11.2. The van der Waals surface area contributed by atoms with Gasteiger partial charge >= 0.3 is 5.97 Å². The molecular formula is C11H16O2S. The van der Waals surface area contributed by atoms with Gasteiger partial charge in [-0.3, -0.25) is 4.79 Å². The van der Waals surface area contributed by atoms with Crippen molar-refractivity contribution in [1.29, 1.82) is 0 Å². The van der Waals surface area contributed by atoms with E-state index in [1.165, 1.54) is 10.4 Å². The number of aliphatic carboxylic acids is 1. The number of rotatable bonds is 5. The molecule has 0 aliphatic heterocycles. The smallest absolute Gasteiger partial charge is 0.303 e. The predicted octanol–water partition coefficient (Wildman–Crippen LogP) is 3.10. The summed E-state index contributed by atoms with van der Waals surface area (Å²) in [6, 6.07) is 2.11. The zero-order valence-corrected chi connectivity index (χ0v) is 9.43. The summed E-state index contributed by atoms with van der Waals surface area (Å²) in [6.45, 7) is 4.10.